The molecule has 0 radical (unpaired) electrons. The number of hydrogen-bond donors (Lipinski definition) is 2. The molecule has 0 spiro atoms. The number of nitrogens with one attached hydrogen (secondary N) is 1. The summed E-state index contributed by atoms with van der Waals surface area (Å²) in [6.07, 6.45) is 3.20. The van der Waals surface area contributed by atoms with Crippen molar-refractivity contribution in [2.75, 3.05) is 0 Å². The van der Waals surface area contributed by atoms with E-state index in [4.69, 9.17) is 0 Å². The number of amides is 1. The second-order valence-electron chi connectivity index (χ2n) is 3.34. The molecule has 0 aromatic carbocycles. The standard InChI is InChI=1S/C8H15NO2/c1-6-4-7(9-5-10)2-3-8(6)11/h5-8,11H,2-4H2,1H3,(H,9,10)/t6-,7+,8-/m0/s1. The molecule has 0 saturated heterocycles. The molecule has 3 nitrogen and oxygen atoms in total. The van der Waals surface area contributed by atoms with Crippen molar-refractivity contribution in [1.82, 2.24) is 5.32 Å². The summed E-state index contributed by atoms with van der Waals surface area (Å²) in [6, 6.07) is 0.283. The number of carbonyl (C=O) groups is 1. The van der Waals surface area contributed by atoms with Crippen LogP contribution in [0.4, 0.5) is 0 Å². The molecule has 64 valence electrons. The smallest absolute Gasteiger partial charge is 0.207 e. The minimum absolute atomic E-state index is 0.167. The van der Waals surface area contributed by atoms with Crippen molar-refractivity contribution in [3.63, 3.8) is 0 Å². The first-order chi connectivity index (χ1) is 5.24. The second kappa shape index (κ2) is 3.72. The van der Waals surface area contributed by atoms with E-state index in [1.165, 1.54) is 0 Å². The van der Waals surface area contributed by atoms with Crippen LogP contribution in [0.25, 0.3) is 0 Å². The Labute approximate surface area is 66.8 Å². The van der Waals surface area contributed by atoms with Crippen molar-refractivity contribution >= 4 is 6.41 Å². The van der Waals surface area contributed by atoms with Crippen molar-refractivity contribution < 1.29 is 9.90 Å². The van der Waals surface area contributed by atoms with Gasteiger partial charge in [0.05, 0.1) is 6.10 Å². The van der Waals surface area contributed by atoms with Crippen LogP contribution in [-0.4, -0.2) is 23.7 Å². The Kier molecular flexibility index (Phi) is 2.88. The van der Waals surface area contributed by atoms with Crippen molar-refractivity contribution in [2.24, 2.45) is 5.92 Å². The highest BCUT2D eigenvalue weighted by molar-refractivity contribution is 5.46. The van der Waals surface area contributed by atoms with Crippen LogP contribution >= 0.6 is 0 Å². The van der Waals surface area contributed by atoms with Crippen molar-refractivity contribution in [3.05, 3.63) is 0 Å². The Morgan fingerprint density at radius 3 is 2.82 bits per heavy atom. The van der Waals surface area contributed by atoms with Gasteiger partial charge in [0.2, 0.25) is 6.41 Å². The summed E-state index contributed by atoms with van der Waals surface area (Å²) in [5.41, 5.74) is 0. The first kappa shape index (κ1) is 8.53. The van der Waals surface area contributed by atoms with Crippen LogP contribution in [0, 0.1) is 5.92 Å². The normalized spacial score (nSPS) is 38.2. The lowest BCUT2D eigenvalue weighted by atomic mass is 9.85. The Morgan fingerprint density at radius 1 is 1.55 bits per heavy atom. The summed E-state index contributed by atoms with van der Waals surface area (Å²) >= 11 is 0. The van der Waals surface area contributed by atoms with Gasteiger partial charge in [-0.3, -0.25) is 4.79 Å². The van der Waals surface area contributed by atoms with Crippen LogP contribution in [0.3, 0.4) is 0 Å². The first-order valence-electron chi connectivity index (χ1n) is 4.11. The summed E-state index contributed by atoms with van der Waals surface area (Å²) < 4.78 is 0. The molecule has 3 atom stereocenters. The van der Waals surface area contributed by atoms with Gasteiger partial charge in [0, 0.05) is 6.04 Å². The minimum atomic E-state index is -0.167. The Bertz CT molecular complexity index is 138. The molecule has 1 fully saturated rings. The molecule has 0 bridgehead atoms. The maximum atomic E-state index is 10.1. The topological polar surface area (TPSA) is 49.3 Å². The molecular formula is C8H15NO2. The van der Waals surface area contributed by atoms with Gasteiger partial charge in [-0.1, -0.05) is 6.92 Å². The lowest BCUT2D eigenvalue weighted by Gasteiger charge is -2.30. The summed E-state index contributed by atoms with van der Waals surface area (Å²) in [4.78, 5) is 10.1. The summed E-state index contributed by atoms with van der Waals surface area (Å²) in [5, 5.41) is 12.1. The highest BCUT2D eigenvalue weighted by Gasteiger charge is 2.25. The third kappa shape index (κ3) is 2.19. The van der Waals surface area contributed by atoms with E-state index in [9.17, 15) is 9.90 Å². The van der Waals surface area contributed by atoms with Gasteiger partial charge < -0.3 is 10.4 Å². The highest BCUT2D eigenvalue weighted by atomic mass is 16.3. The summed E-state index contributed by atoms with van der Waals surface area (Å²) in [6.45, 7) is 2.02. The van der Waals surface area contributed by atoms with Gasteiger partial charge >= 0.3 is 0 Å². The van der Waals surface area contributed by atoms with E-state index in [0.29, 0.717) is 5.92 Å². The number of aliphatic hydroxyl groups is 1. The predicted octanol–water partition coefficient (Wildman–Crippen LogP) is 0.282. The number of rotatable bonds is 2. The highest BCUT2D eigenvalue weighted by Crippen LogP contribution is 2.23. The zero-order valence-electron chi connectivity index (χ0n) is 6.79. The summed E-state index contributed by atoms with van der Waals surface area (Å²) in [7, 11) is 0. The third-order valence-electron chi connectivity index (χ3n) is 2.43. The van der Waals surface area contributed by atoms with E-state index in [2.05, 4.69) is 5.32 Å². The van der Waals surface area contributed by atoms with Crippen LogP contribution < -0.4 is 5.32 Å². The first-order valence-corrected chi connectivity index (χ1v) is 4.11. The molecule has 0 unspecified atom stereocenters. The molecule has 0 aromatic heterocycles. The Balaban J connectivity index is 2.33. The molecule has 1 aliphatic carbocycles. The van der Waals surface area contributed by atoms with Crippen LogP contribution in [-0.2, 0) is 4.79 Å². The van der Waals surface area contributed by atoms with Crippen molar-refractivity contribution in [1.29, 1.82) is 0 Å². The number of aliphatic hydroxyl groups excluding tert-OH is 1. The van der Waals surface area contributed by atoms with Crippen molar-refractivity contribution in [2.45, 2.75) is 38.3 Å². The van der Waals surface area contributed by atoms with E-state index in [1.807, 2.05) is 6.92 Å². The van der Waals surface area contributed by atoms with E-state index in [0.717, 1.165) is 25.7 Å². The molecule has 1 saturated carbocycles. The SMILES string of the molecule is C[C@H]1C[C@H](NC=O)CC[C@@H]1O. The molecule has 0 aliphatic heterocycles. The van der Waals surface area contributed by atoms with Crippen LogP contribution in [0.15, 0.2) is 0 Å². The fourth-order valence-corrected chi connectivity index (χ4v) is 1.63. The van der Waals surface area contributed by atoms with Gasteiger partial charge in [-0.25, -0.2) is 0 Å². The number of carbonyl (C=O) groups excluding carboxylic acids is 1. The molecule has 1 amide bonds. The van der Waals surface area contributed by atoms with Crippen LogP contribution in [0.1, 0.15) is 26.2 Å². The zero-order chi connectivity index (χ0) is 8.27. The predicted molar refractivity (Wildman–Crippen MR) is 42.0 cm³/mol. The van der Waals surface area contributed by atoms with E-state index >= 15 is 0 Å². The fourth-order valence-electron chi connectivity index (χ4n) is 1.63. The molecular weight excluding hydrogens is 142 g/mol. The lowest BCUT2D eigenvalue weighted by molar-refractivity contribution is -0.110. The van der Waals surface area contributed by atoms with E-state index < -0.39 is 0 Å². The van der Waals surface area contributed by atoms with Crippen LogP contribution in [0.5, 0.6) is 0 Å². The lowest BCUT2D eigenvalue weighted by Crippen LogP contribution is -2.38. The molecule has 2 N–H and O–H groups in total. The van der Waals surface area contributed by atoms with E-state index in [1.54, 1.807) is 0 Å². The molecule has 1 aliphatic rings. The minimum Gasteiger partial charge on any atom is -0.393 e. The van der Waals surface area contributed by atoms with Gasteiger partial charge in [-0.15, -0.1) is 0 Å². The fraction of sp³-hybridized carbons (Fsp3) is 0.875. The van der Waals surface area contributed by atoms with Gasteiger partial charge in [0.15, 0.2) is 0 Å². The largest absolute Gasteiger partial charge is 0.393 e. The third-order valence-corrected chi connectivity index (χ3v) is 2.43. The maximum absolute atomic E-state index is 10.1. The quantitative estimate of drug-likeness (QED) is 0.566. The van der Waals surface area contributed by atoms with Crippen molar-refractivity contribution in [3.8, 4) is 0 Å². The average Bonchev–Trinajstić information content (AvgIpc) is 1.98. The number of hydrogen-bond acceptors (Lipinski definition) is 2. The van der Waals surface area contributed by atoms with Gasteiger partial charge in [0.25, 0.3) is 0 Å². The van der Waals surface area contributed by atoms with Gasteiger partial charge in [0.1, 0.15) is 0 Å². The monoisotopic (exact) mass is 157 g/mol. The molecule has 3 heteroatoms. The maximum Gasteiger partial charge on any atom is 0.207 e. The molecule has 0 aromatic rings. The van der Waals surface area contributed by atoms with Crippen LogP contribution in [0.2, 0.25) is 0 Å². The zero-order valence-corrected chi connectivity index (χ0v) is 6.79. The second-order valence-corrected chi connectivity index (χ2v) is 3.34. The van der Waals surface area contributed by atoms with Gasteiger partial charge in [-0.2, -0.15) is 0 Å². The summed E-state index contributed by atoms with van der Waals surface area (Å²) in [5.74, 6) is 0.321. The Hall–Kier alpha value is -0.570. The Morgan fingerprint density at radius 2 is 2.27 bits per heavy atom. The molecule has 1 rings (SSSR count). The average molecular weight is 157 g/mol. The van der Waals surface area contributed by atoms with Gasteiger partial charge in [-0.05, 0) is 25.2 Å². The molecule has 0 heterocycles. The van der Waals surface area contributed by atoms with E-state index in [-0.39, 0.29) is 12.1 Å². The molecule has 11 heavy (non-hydrogen) atoms.